The molecule has 1 fully saturated rings. The van der Waals surface area contributed by atoms with Crippen LogP contribution in [0.1, 0.15) is 24.2 Å². The highest BCUT2D eigenvalue weighted by molar-refractivity contribution is 7.89. The molecule has 1 N–H and O–H groups in total. The highest BCUT2D eigenvalue weighted by Crippen LogP contribution is 2.27. The van der Waals surface area contributed by atoms with Crippen LogP contribution in [0.25, 0.3) is 5.69 Å². The van der Waals surface area contributed by atoms with Gasteiger partial charge in [-0.25, -0.2) is 21.9 Å². The Hall–Kier alpha value is -3.11. The third-order valence-corrected chi connectivity index (χ3v) is 7.66. The van der Waals surface area contributed by atoms with Crippen LogP contribution >= 0.6 is 0 Å². The van der Waals surface area contributed by atoms with Gasteiger partial charge in [-0.2, -0.15) is 9.40 Å². The zero-order chi connectivity index (χ0) is 23.8. The Kier molecular flexibility index (Phi) is 6.31. The molecule has 1 aliphatic rings. The average Bonchev–Trinajstić information content (AvgIpc) is 3.11. The second-order valence-electron chi connectivity index (χ2n) is 8.10. The second kappa shape index (κ2) is 9.03. The quantitative estimate of drug-likeness (QED) is 0.610. The molecule has 10 heteroatoms. The summed E-state index contributed by atoms with van der Waals surface area (Å²) in [4.78, 5) is 12.3. The number of amides is 1. The van der Waals surface area contributed by atoms with Gasteiger partial charge in [0.25, 0.3) is 0 Å². The summed E-state index contributed by atoms with van der Waals surface area (Å²) in [5.74, 6) is -2.07. The van der Waals surface area contributed by atoms with Gasteiger partial charge in [-0.3, -0.25) is 4.79 Å². The summed E-state index contributed by atoms with van der Waals surface area (Å²) < 4.78 is 56.8. The minimum atomic E-state index is -3.97. The van der Waals surface area contributed by atoms with Gasteiger partial charge < -0.3 is 5.32 Å². The molecule has 3 aromatic rings. The molecule has 0 radical (unpaired) electrons. The maximum atomic E-state index is 14.7. The number of carbonyl (C=O) groups excluding carboxylic acids is 1. The van der Waals surface area contributed by atoms with Crippen molar-refractivity contribution in [2.24, 2.45) is 5.92 Å². The van der Waals surface area contributed by atoms with Gasteiger partial charge in [-0.1, -0.05) is 12.1 Å². The smallest absolute Gasteiger partial charge is 0.245 e. The number of piperidine rings is 1. The molecule has 0 unspecified atom stereocenters. The van der Waals surface area contributed by atoms with Crippen molar-refractivity contribution in [1.82, 2.24) is 14.1 Å². The first-order chi connectivity index (χ1) is 15.7. The number of nitrogens with zero attached hydrogens (tertiary/aromatic N) is 3. The van der Waals surface area contributed by atoms with Crippen LogP contribution in [0.3, 0.4) is 0 Å². The van der Waals surface area contributed by atoms with Gasteiger partial charge in [0.15, 0.2) is 5.82 Å². The molecular weight excluding hydrogens is 450 g/mol. The molecule has 174 valence electrons. The van der Waals surface area contributed by atoms with Crippen molar-refractivity contribution >= 4 is 21.6 Å². The molecule has 7 nitrogen and oxygen atoms in total. The lowest BCUT2D eigenvalue weighted by molar-refractivity contribution is -0.120. The Balaban J connectivity index is 1.40. The van der Waals surface area contributed by atoms with E-state index < -0.39 is 27.6 Å². The predicted molar refractivity (Wildman–Crippen MR) is 120 cm³/mol. The van der Waals surface area contributed by atoms with E-state index in [2.05, 4.69) is 10.4 Å². The summed E-state index contributed by atoms with van der Waals surface area (Å²) in [6.45, 7) is 3.84. The molecular formula is C23H24F2N4O3S. The summed E-state index contributed by atoms with van der Waals surface area (Å²) >= 11 is 0. The van der Waals surface area contributed by atoms with Gasteiger partial charge in [-0.05, 0) is 63.1 Å². The van der Waals surface area contributed by atoms with E-state index in [0.29, 0.717) is 5.69 Å². The van der Waals surface area contributed by atoms with Crippen LogP contribution in [0.2, 0.25) is 0 Å². The molecule has 4 rings (SSSR count). The zero-order valence-electron chi connectivity index (χ0n) is 18.3. The van der Waals surface area contributed by atoms with E-state index in [4.69, 9.17) is 0 Å². The van der Waals surface area contributed by atoms with Crippen LogP contribution < -0.4 is 5.32 Å². The predicted octanol–water partition coefficient (Wildman–Crippen LogP) is 3.81. The fourth-order valence-electron chi connectivity index (χ4n) is 4.02. The molecule has 1 saturated heterocycles. The van der Waals surface area contributed by atoms with Gasteiger partial charge in [0, 0.05) is 30.4 Å². The first-order valence-electron chi connectivity index (χ1n) is 10.6. The summed E-state index contributed by atoms with van der Waals surface area (Å²) in [7, 11) is -3.97. The first-order valence-corrected chi connectivity index (χ1v) is 12.0. The molecule has 0 spiro atoms. The lowest BCUT2D eigenvalue weighted by Gasteiger charge is -2.30. The van der Waals surface area contributed by atoms with Crippen LogP contribution in [0.5, 0.6) is 0 Å². The van der Waals surface area contributed by atoms with E-state index >= 15 is 0 Å². The van der Waals surface area contributed by atoms with Gasteiger partial charge in [0.05, 0.1) is 5.69 Å². The van der Waals surface area contributed by atoms with Crippen LogP contribution in [0.15, 0.2) is 53.4 Å². The first kappa shape index (κ1) is 23.1. The number of sulfonamides is 1. The Bertz CT molecular complexity index is 1300. The van der Waals surface area contributed by atoms with Crippen LogP contribution in [0, 0.1) is 31.4 Å². The van der Waals surface area contributed by atoms with Gasteiger partial charge in [0.1, 0.15) is 16.4 Å². The number of aryl methyl sites for hydroxylation is 2. The number of benzene rings is 2. The third-order valence-electron chi connectivity index (χ3n) is 5.73. The van der Waals surface area contributed by atoms with Crippen LogP contribution in [0.4, 0.5) is 14.5 Å². The Morgan fingerprint density at radius 1 is 1.03 bits per heavy atom. The Labute approximate surface area is 191 Å². The molecule has 33 heavy (non-hydrogen) atoms. The molecule has 0 atom stereocenters. The van der Waals surface area contributed by atoms with Gasteiger partial charge in [0.2, 0.25) is 15.9 Å². The van der Waals surface area contributed by atoms with E-state index in [1.165, 1.54) is 33.3 Å². The molecule has 2 heterocycles. The molecule has 0 saturated carbocycles. The summed E-state index contributed by atoms with van der Waals surface area (Å²) in [6, 6.07) is 11.5. The minimum Gasteiger partial charge on any atom is -0.326 e. The van der Waals surface area contributed by atoms with Crippen molar-refractivity contribution < 1.29 is 22.0 Å². The van der Waals surface area contributed by atoms with Crippen molar-refractivity contribution in [3.8, 4) is 5.69 Å². The topological polar surface area (TPSA) is 84.3 Å². The number of anilines is 1. The SMILES string of the molecule is Cc1cc(C)n(-c2ccc(NC(=O)C3CCN(S(=O)(=O)c4ccccc4F)CC3)cc2F)n1. The Morgan fingerprint density at radius 3 is 2.33 bits per heavy atom. The lowest BCUT2D eigenvalue weighted by Crippen LogP contribution is -2.41. The molecule has 1 aromatic heterocycles. The fraction of sp³-hybridized carbons (Fsp3) is 0.304. The summed E-state index contributed by atoms with van der Waals surface area (Å²) in [6.07, 6.45) is 0.567. The van der Waals surface area contributed by atoms with E-state index in [-0.39, 0.29) is 42.4 Å². The highest BCUT2D eigenvalue weighted by Gasteiger charge is 2.33. The molecule has 0 bridgehead atoms. The normalized spacial score (nSPS) is 15.5. The molecule has 1 aliphatic heterocycles. The fourth-order valence-corrected chi connectivity index (χ4v) is 5.56. The van der Waals surface area contributed by atoms with E-state index in [1.807, 2.05) is 19.9 Å². The van der Waals surface area contributed by atoms with Crippen molar-refractivity contribution in [1.29, 1.82) is 0 Å². The number of carbonyl (C=O) groups is 1. The standard InChI is InChI=1S/C23H24F2N4O3S/c1-15-13-16(2)29(27-15)21-8-7-18(14-20(21)25)26-23(30)17-9-11-28(12-10-17)33(31,32)22-6-4-3-5-19(22)24/h3-8,13-14,17H,9-12H2,1-2H3,(H,26,30). The Morgan fingerprint density at radius 2 is 1.73 bits per heavy atom. The number of hydrogen-bond acceptors (Lipinski definition) is 4. The minimum absolute atomic E-state index is 0.0972. The number of halogens is 2. The molecule has 0 aliphatic carbocycles. The van der Waals surface area contributed by atoms with Crippen molar-refractivity contribution in [2.45, 2.75) is 31.6 Å². The lowest BCUT2D eigenvalue weighted by atomic mass is 9.97. The number of hydrogen-bond donors (Lipinski definition) is 1. The van der Waals surface area contributed by atoms with Gasteiger partial charge in [-0.15, -0.1) is 0 Å². The monoisotopic (exact) mass is 474 g/mol. The van der Waals surface area contributed by atoms with Crippen LogP contribution in [-0.2, 0) is 14.8 Å². The number of nitrogens with one attached hydrogen (secondary N) is 1. The number of aromatic nitrogens is 2. The maximum absolute atomic E-state index is 14.7. The van der Waals surface area contributed by atoms with Crippen LogP contribution in [-0.4, -0.2) is 41.5 Å². The third kappa shape index (κ3) is 4.67. The second-order valence-corrected chi connectivity index (χ2v) is 10.0. The zero-order valence-corrected chi connectivity index (χ0v) is 19.1. The average molecular weight is 475 g/mol. The maximum Gasteiger partial charge on any atom is 0.245 e. The van der Waals surface area contributed by atoms with Crippen molar-refractivity contribution in [3.63, 3.8) is 0 Å². The van der Waals surface area contributed by atoms with Crippen molar-refractivity contribution in [3.05, 3.63) is 71.6 Å². The number of rotatable bonds is 5. The van der Waals surface area contributed by atoms with E-state index in [1.54, 1.807) is 12.1 Å². The summed E-state index contributed by atoms with van der Waals surface area (Å²) in [5, 5.41) is 6.98. The summed E-state index contributed by atoms with van der Waals surface area (Å²) in [5.41, 5.74) is 2.15. The highest BCUT2D eigenvalue weighted by atomic mass is 32.2. The van der Waals surface area contributed by atoms with E-state index in [9.17, 15) is 22.0 Å². The molecule has 2 aromatic carbocycles. The largest absolute Gasteiger partial charge is 0.326 e. The van der Waals surface area contributed by atoms with Crippen molar-refractivity contribution in [2.75, 3.05) is 18.4 Å². The van der Waals surface area contributed by atoms with Gasteiger partial charge >= 0.3 is 0 Å². The molecule has 1 amide bonds. The van der Waals surface area contributed by atoms with E-state index in [0.717, 1.165) is 17.5 Å².